The fraction of sp³-hybridized carbons (Fsp3) is 0.727. The first-order valence-electron chi connectivity index (χ1n) is 5.34. The number of hydrogen-bond acceptors (Lipinski definition) is 3. The molecule has 0 saturated carbocycles. The summed E-state index contributed by atoms with van der Waals surface area (Å²) in [5.74, 6) is 0. The molecule has 0 fully saturated rings. The van der Waals surface area contributed by atoms with Gasteiger partial charge in [0.25, 0.3) is 0 Å². The number of aromatic nitrogens is 2. The molecule has 2 unspecified atom stereocenters. The zero-order valence-corrected chi connectivity index (χ0v) is 10.2. The highest BCUT2D eigenvalue weighted by atomic mass is 16.3. The standard InChI is InChI=1S/C11H21N3O/c1-7(10(4)15)12-6-11-8(2)13-14(5)9(11)3/h7,10,12,15H,6H2,1-5H3. The molecule has 0 radical (unpaired) electrons. The zero-order chi connectivity index (χ0) is 11.6. The molecule has 0 bridgehead atoms. The number of nitrogens with one attached hydrogen (secondary N) is 1. The molecule has 86 valence electrons. The van der Waals surface area contributed by atoms with Gasteiger partial charge < -0.3 is 10.4 Å². The average Bonchev–Trinajstić information content (AvgIpc) is 2.38. The molecule has 2 N–H and O–H groups in total. The Balaban J connectivity index is 2.65. The van der Waals surface area contributed by atoms with Crippen LogP contribution in [0.4, 0.5) is 0 Å². The predicted molar refractivity (Wildman–Crippen MR) is 60.7 cm³/mol. The third-order valence-corrected chi connectivity index (χ3v) is 2.98. The summed E-state index contributed by atoms with van der Waals surface area (Å²) in [5, 5.41) is 17.0. The Kier molecular flexibility index (Phi) is 3.88. The molecular weight excluding hydrogens is 190 g/mol. The zero-order valence-electron chi connectivity index (χ0n) is 10.2. The van der Waals surface area contributed by atoms with Crippen molar-refractivity contribution in [2.24, 2.45) is 7.05 Å². The number of nitrogens with zero attached hydrogens (tertiary/aromatic N) is 2. The lowest BCUT2D eigenvalue weighted by Crippen LogP contribution is -2.35. The van der Waals surface area contributed by atoms with E-state index in [9.17, 15) is 5.11 Å². The molecule has 2 atom stereocenters. The maximum Gasteiger partial charge on any atom is 0.0662 e. The van der Waals surface area contributed by atoms with Crippen molar-refractivity contribution in [2.75, 3.05) is 0 Å². The molecular formula is C11H21N3O. The molecule has 0 spiro atoms. The first kappa shape index (κ1) is 12.2. The average molecular weight is 211 g/mol. The molecule has 0 amide bonds. The van der Waals surface area contributed by atoms with Crippen LogP contribution in [0.25, 0.3) is 0 Å². The Bertz CT molecular complexity index is 331. The first-order valence-corrected chi connectivity index (χ1v) is 5.34. The summed E-state index contributed by atoms with van der Waals surface area (Å²) in [6, 6.07) is 0.101. The second-order valence-electron chi connectivity index (χ2n) is 4.18. The molecule has 15 heavy (non-hydrogen) atoms. The number of aliphatic hydroxyl groups is 1. The fourth-order valence-electron chi connectivity index (χ4n) is 1.51. The van der Waals surface area contributed by atoms with E-state index >= 15 is 0 Å². The number of aryl methyl sites for hydroxylation is 2. The van der Waals surface area contributed by atoms with Crippen LogP contribution in [0, 0.1) is 13.8 Å². The van der Waals surface area contributed by atoms with E-state index in [1.54, 1.807) is 6.92 Å². The lowest BCUT2D eigenvalue weighted by Gasteiger charge is -2.16. The molecule has 4 nitrogen and oxygen atoms in total. The lowest BCUT2D eigenvalue weighted by molar-refractivity contribution is 0.152. The molecule has 1 aromatic heterocycles. The summed E-state index contributed by atoms with van der Waals surface area (Å²) in [6.45, 7) is 8.60. The molecule has 1 heterocycles. The molecule has 0 aliphatic rings. The van der Waals surface area contributed by atoms with Crippen LogP contribution in [0.3, 0.4) is 0 Å². The molecule has 0 saturated heterocycles. The van der Waals surface area contributed by atoms with Crippen LogP contribution < -0.4 is 5.32 Å². The van der Waals surface area contributed by atoms with Crippen LogP contribution in [0.1, 0.15) is 30.8 Å². The van der Waals surface area contributed by atoms with Crippen molar-refractivity contribution in [2.45, 2.75) is 46.4 Å². The number of aliphatic hydroxyl groups excluding tert-OH is 1. The van der Waals surface area contributed by atoms with Gasteiger partial charge in [-0.15, -0.1) is 0 Å². The maximum absolute atomic E-state index is 9.36. The van der Waals surface area contributed by atoms with Crippen LogP contribution in [0.2, 0.25) is 0 Å². The molecule has 1 aromatic rings. The Labute approximate surface area is 91.3 Å². The van der Waals surface area contributed by atoms with Crippen molar-refractivity contribution >= 4 is 0 Å². The van der Waals surface area contributed by atoms with Gasteiger partial charge in [0.05, 0.1) is 11.8 Å². The Morgan fingerprint density at radius 2 is 2.00 bits per heavy atom. The minimum Gasteiger partial charge on any atom is -0.392 e. The second kappa shape index (κ2) is 4.77. The minimum atomic E-state index is -0.331. The van der Waals surface area contributed by atoms with Gasteiger partial charge in [-0.1, -0.05) is 0 Å². The van der Waals surface area contributed by atoms with Crippen molar-refractivity contribution in [3.05, 3.63) is 17.0 Å². The van der Waals surface area contributed by atoms with E-state index in [-0.39, 0.29) is 12.1 Å². The molecule has 0 aliphatic heterocycles. The SMILES string of the molecule is Cc1nn(C)c(C)c1CNC(C)C(C)O. The van der Waals surface area contributed by atoms with E-state index in [1.165, 1.54) is 11.3 Å². The van der Waals surface area contributed by atoms with Crippen LogP contribution in [0.15, 0.2) is 0 Å². The van der Waals surface area contributed by atoms with Gasteiger partial charge >= 0.3 is 0 Å². The van der Waals surface area contributed by atoms with Gasteiger partial charge in [0.15, 0.2) is 0 Å². The van der Waals surface area contributed by atoms with Crippen LogP contribution in [0.5, 0.6) is 0 Å². The highest BCUT2D eigenvalue weighted by Gasteiger charge is 2.12. The van der Waals surface area contributed by atoms with Gasteiger partial charge in [-0.25, -0.2) is 0 Å². The smallest absolute Gasteiger partial charge is 0.0662 e. The van der Waals surface area contributed by atoms with E-state index < -0.39 is 0 Å². The molecule has 0 aliphatic carbocycles. The van der Waals surface area contributed by atoms with E-state index in [1.807, 2.05) is 25.6 Å². The number of rotatable bonds is 4. The summed E-state index contributed by atoms with van der Waals surface area (Å²) < 4.78 is 1.89. The van der Waals surface area contributed by atoms with Crippen molar-refractivity contribution in [1.82, 2.24) is 15.1 Å². The van der Waals surface area contributed by atoms with Crippen LogP contribution in [-0.2, 0) is 13.6 Å². The van der Waals surface area contributed by atoms with Crippen LogP contribution >= 0.6 is 0 Å². The topological polar surface area (TPSA) is 50.1 Å². The quantitative estimate of drug-likeness (QED) is 0.778. The van der Waals surface area contributed by atoms with Gasteiger partial charge in [0.2, 0.25) is 0 Å². The monoisotopic (exact) mass is 211 g/mol. The van der Waals surface area contributed by atoms with Crippen molar-refractivity contribution < 1.29 is 5.11 Å². The van der Waals surface area contributed by atoms with E-state index in [2.05, 4.69) is 17.3 Å². The maximum atomic E-state index is 9.36. The van der Waals surface area contributed by atoms with E-state index in [0.29, 0.717) is 0 Å². The van der Waals surface area contributed by atoms with Crippen molar-refractivity contribution in [3.63, 3.8) is 0 Å². The molecule has 4 heteroatoms. The summed E-state index contributed by atoms with van der Waals surface area (Å²) in [5.41, 5.74) is 3.46. The largest absolute Gasteiger partial charge is 0.392 e. The molecule has 0 aromatic carbocycles. The second-order valence-corrected chi connectivity index (χ2v) is 4.18. The third kappa shape index (κ3) is 2.79. The summed E-state index contributed by atoms with van der Waals surface area (Å²) in [4.78, 5) is 0. The van der Waals surface area contributed by atoms with Crippen molar-refractivity contribution in [3.8, 4) is 0 Å². The first-order chi connectivity index (χ1) is 6.93. The van der Waals surface area contributed by atoms with E-state index in [0.717, 1.165) is 12.2 Å². The van der Waals surface area contributed by atoms with E-state index in [4.69, 9.17) is 0 Å². The molecule has 1 rings (SSSR count). The highest BCUT2D eigenvalue weighted by molar-refractivity contribution is 5.24. The lowest BCUT2D eigenvalue weighted by atomic mass is 10.1. The summed E-state index contributed by atoms with van der Waals surface area (Å²) >= 11 is 0. The fourth-order valence-corrected chi connectivity index (χ4v) is 1.51. The summed E-state index contributed by atoms with van der Waals surface area (Å²) in [6.07, 6.45) is -0.331. The Morgan fingerprint density at radius 3 is 2.40 bits per heavy atom. The van der Waals surface area contributed by atoms with Gasteiger partial charge in [-0.05, 0) is 27.7 Å². The Morgan fingerprint density at radius 1 is 1.40 bits per heavy atom. The predicted octanol–water partition coefficient (Wildman–Crippen LogP) is 0.896. The van der Waals surface area contributed by atoms with Crippen molar-refractivity contribution in [1.29, 1.82) is 0 Å². The Hall–Kier alpha value is -0.870. The normalized spacial score (nSPS) is 15.3. The third-order valence-electron chi connectivity index (χ3n) is 2.98. The number of hydrogen-bond donors (Lipinski definition) is 2. The van der Waals surface area contributed by atoms with Gasteiger partial charge in [0.1, 0.15) is 0 Å². The minimum absolute atomic E-state index is 0.101. The van der Waals surface area contributed by atoms with Gasteiger partial charge in [-0.2, -0.15) is 5.10 Å². The highest BCUT2D eigenvalue weighted by Crippen LogP contribution is 2.11. The van der Waals surface area contributed by atoms with Gasteiger partial charge in [0, 0.05) is 30.9 Å². The summed E-state index contributed by atoms with van der Waals surface area (Å²) in [7, 11) is 1.95. The van der Waals surface area contributed by atoms with Crippen LogP contribution in [-0.4, -0.2) is 27.0 Å². The van der Waals surface area contributed by atoms with Gasteiger partial charge in [-0.3, -0.25) is 4.68 Å².